The lowest BCUT2D eigenvalue weighted by atomic mass is 9.85. The molecule has 2 aliphatic rings. The molecule has 2 saturated heterocycles. The van der Waals surface area contributed by atoms with Gasteiger partial charge in [-0.25, -0.2) is 15.0 Å². The lowest BCUT2D eigenvalue weighted by Gasteiger charge is -2.43. The van der Waals surface area contributed by atoms with Gasteiger partial charge in [-0.05, 0) is 32.1 Å². The summed E-state index contributed by atoms with van der Waals surface area (Å²) < 4.78 is 1.95. The molecule has 4 rings (SSSR count). The average Bonchev–Trinajstić information content (AvgIpc) is 3.13. The highest BCUT2D eigenvalue weighted by Gasteiger charge is 2.49. The van der Waals surface area contributed by atoms with Crippen molar-refractivity contribution in [1.82, 2.24) is 24.4 Å². The van der Waals surface area contributed by atoms with Crippen molar-refractivity contribution in [2.24, 2.45) is 7.05 Å². The van der Waals surface area contributed by atoms with Crippen LogP contribution in [-0.4, -0.2) is 41.6 Å². The summed E-state index contributed by atoms with van der Waals surface area (Å²) in [5, 5.41) is 11.2. The van der Waals surface area contributed by atoms with E-state index >= 15 is 0 Å². The second kappa shape index (κ2) is 6.50. The van der Waals surface area contributed by atoms with E-state index in [1.807, 2.05) is 30.2 Å². The number of piperidine rings is 1. The van der Waals surface area contributed by atoms with E-state index in [0.29, 0.717) is 12.1 Å². The molecule has 2 unspecified atom stereocenters. The smallest absolute Gasteiger partial charge is 0.140 e. The summed E-state index contributed by atoms with van der Waals surface area (Å²) in [5.41, 5.74) is 0.362. The van der Waals surface area contributed by atoms with Crippen LogP contribution in [0.1, 0.15) is 56.2 Å². The Morgan fingerprint density at radius 2 is 1.84 bits per heavy atom. The lowest BCUT2D eigenvalue weighted by Crippen LogP contribution is -2.50. The summed E-state index contributed by atoms with van der Waals surface area (Å²) >= 11 is 0. The second-order valence-electron chi connectivity index (χ2n) is 7.62. The van der Waals surface area contributed by atoms with E-state index in [-0.39, 0.29) is 0 Å². The zero-order valence-corrected chi connectivity index (χ0v) is 15.1. The Morgan fingerprint density at radius 3 is 2.40 bits per heavy atom. The third-order valence-corrected chi connectivity index (χ3v) is 5.75. The van der Waals surface area contributed by atoms with Gasteiger partial charge in [0, 0.05) is 62.4 Å². The minimum atomic E-state index is -0.804. The average molecular weight is 341 g/mol. The van der Waals surface area contributed by atoms with Crippen LogP contribution in [0.15, 0.2) is 24.8 Å². The molecule has 6 nitrogen and oxygen atoms in total. The summed E-state index contributed by atoms with van der Waals surface area (Å²) in [6.45, 7) is 3.02. The Kier molecular flexibility index (Phi) is 4.33. The summed E-state index contributed by atoms with van der Waals surface area (Å²) in [6, 6.07) is 0.798. The number of imidazole rings is 1. The van der Waals surface area contributed by atoms with Crippen LogP contribution in [-0.2, 0) is 25.6 Å². The minimum absolute atomic E-state index is 0.399. The maximum atomic E-state index is 11.2. The highest BCUT2D eigenvalue weighted by Crippen LogP contribution is 2.45. The topological polar surface area (TPSA) is 67.1 Å². The van der Waals surface area contributed by atoms with Gasteiger partial charge in [0.25, 0.3) is 0 Å². The number of nitrogens with zero attached hydrogens (tertiary/aromatic N) is 5. The first-order valence-electron chi connectivity index (χ1n) is 9.35. The van der Waals surface area contributed by atoms with E-state index < -0.39 is 5.60 Å². The summed E-state index contributed by atoms with van der Waals surface area (Å²) in [6.07, 6.45) is 13.4. The standard InChI is InChI=1S/C19H27N5O/c1-3-4-17-21-11-14(12-22-17)13-24-15-5-6-16(24)10-19(25,9-15)18-20-7-8-23(18)2/h7-8,11-12,15-16,25H,3-6,9-10,13H2,1-2H3. The number of fused-ring (bicyclic) bond motifs is 2. The number of rotatable bonds is 5. The Morgan fingerprint density at radius 1 is 1.16 bits per heavy atom. The molecule has 2 bridgehead atoms. The van der Waals surface area contributed by atoms with Crippen LogP contribution in [0.3, 0.4) is 0 Å². The normalized spacial score (nSPS) is 29.2. The third-order valence-electron chi connectivity index (χ3n) is 5.75. The van der Waals surface area contributed by atoms with E-state index in [0.717, 1.165) is 56.7 Å². The first-order valence-corrected chi connectivity index (χ1v) is 9.35. The predicted octanol–water partition coefficient (Wildman–Crippen LogP) is 2.18. The molecule has 25 heavy (non-hydrogen) atoms. The van der Waals surface area contributed by atoms with E-state index in [1.165, 1.54) is 5.56 Å². The summed E-state index contributed by atoms with van der Waals surface area (Å²) in [4.78, 5) is 15.9. The van der Waals surface area contributed by atoms with Gasteiger partial charge in [0.1, 0.15) is 17.2 Å². The van der Waals surface area contributed by atoms with Crippen molar-refractivity contribution >= 4 is 0 Å². The third kappa shape index (κ3) is 3.09. The van der Waals surface area contributed by atoms with Crippen LogP contribution in [0.4, 0.5) is 0 Å². The second-order valence-corrected chi connectivity index (χ2v) is 7.62. The molecule has 0 aromatic carbocycles. The molecule has 0 spiro atoms. The van der Waals surface area contributed by atoms with Crippen LogP contribution in [0.5, 0.6) is 0 Å². The molecular weight excluding hydrogens is 314 g/mol. The van der Waals surface area contributed by atoms with E-state index in [4.69, 9.17) is 0 Å². The molecule has 0 saturated carbocycles. The molecular formula is C19H27N5O. The van der Waals surface area contributed by atoms with Gasteiger partial charge in [0.2, 0.25) is 0 Å². The first kappa shape index (κ1) is 16.7. The van der Waals surface area contributed by atoms with Gasteiger partial charge in [-0.2, -0.15) is 0 Å². The molecule has 4 heterocycles. The SMILES string of the molecule is CCCc1ncc(CN2C3CCC2CC(O)(c2nccn2C)C3)cn1. The Balaban J connectivity index is 1.48. The largest absolute Gasteiger partial charge is 0.382 e. The maximum Gasteiger partial charge on any atom is 0.140 e. The lowest BCUT2D eigenvalue weighted by molar-refractivity contribution is -0.0669. The van der Waals surface area contributed by atoms with Crippen molar-refractivity contribution in [3.8, 4) is 0 Å². The number of aryl methyl sites for hydroxylation is 2. The van der Waals surface area contributed by atoms with E-state index in [1.54, 1.807) is 6.20 Å². The van der Waals surface area contributed by atoms with Crippen LogP contribution >= 0.6 is 0 Å². The van der Waals surface area contributed by atoms with Crippen LogP contribution in [0, 0.1) is 0 Å². The molecule has 134 valence electrons. The molecule has 0 amide bonds. The fourth-order valence-electron chi connectivity index (χ4n) is 4.60. The highest BCUT2D eigenvalue weighted by molar-refractivity contribution is 5.14. The van der Waals surface area contributed by atoms with Gasteiger partial charge in [0.15, 0.2) is 0 Å². The zero-order valence-electron chi connectivity index (χ0n) is 15.1. The van der Waals surface area contributed by atoms with Gasteiger partial charge in [-0.3, -0.25) is 4.90 Å². The predicted molar refractivity (Wildman–Crippen MR) is 94.7 cm³/mol. The minimum Gasteiger partial charge on any atom is -0.382 e. The van der Waals surface area contributed by atoms with Crippen molar-refractivity contribution < 1.29 is 5.11 Å². The van der Waals surface area contributed by atoms with Crippen LogP contribution in [0.25, 0.3) is 0 Å². The maximum absolute atomic E-state index is 11.2. The number of hydrogen-bond donors (Lipinski definition) is 1. The summed E-state index contributed by atoms with van der Waals surface area (Å²) in [5.74, 6) is 1.73. The quantitative estimate of drug-likeness (QED) is 0.903. The number of aromatic nitrogens is 4. The van der Waals surface area contributed by atoms with E-state index in [2.05, 4.69) is 26.8 Å². The van der Waals surface area contributed by atoms with Gasteiger partial charge in [-0.1, -0.05) is 6.92 Å². The number of hydrogen-bond acceptors (Lipinski definition) is 5. The van der Waals surface area contributed by atoms with Crippen molar-refractivity contribution in [3.05, 3.63) is 42.0 Å². The van der Waals surface area contributed by atoms with Crippen LogP contribution < -0.4 is 0 Å². The highest BCUT2D eigenvalue weighted by atomic mass is 16.3. The molecule has 2 aromatic heterocycles. The summed E-state index contributed by atoms with van der Waals surface area (Å²) in [7, 11) is 1.96. The van der Waals surface area contributed by atoms with Crippen LogP contribution in [0.2, 0.25) is 0 Å². The Hall–Kier alpha value is -1.79. The molecule has 2 atom stereocenters. The monoisotopic (exact) mass is 341 g/mol. The van der Waals surface area contributed by atoms with Gasteiger partial charge in [0.05, 0.1) is 0 Å². The molecule has 6 heteroatoms. The Labute approximate surface area is 148 Å². The molecule has 2 aliphatic heterocycles. The van der Waals surface area contributed by atoms with Crippen molar-refractivity contribution in [3.63, 3.8) is 0 Å². The fourth-order valence-corrected chi connectivity index (χ4v) is 4.60. The number of aliphatic hydroxyl groups is 1. The molecule has 0 aliphatic carbocycles. The molecule has 2 aromatic rings. The fraction of sp³-hybridized carbons (Fsp3) is 0.632. The van der Waals surface area contributed by atoms with Gasteiger partial charge in [-0.15, -0.1) is 0 Å². The van der Waals surface area contributed by atoms with Crippen molar-refractivity contribution in [1.29, 1.82) is 0 Å². The molecule has 0 radical (unpaired) electrons. The zero-order chi connectivity index (χ0) is 17.4. The molecule has 2 fully saturated rings. The van der Waals surface area contributed by atoms with Gasteiger partial charge >= 0.3 is 0 Å². The van der Waals surface area contributed by atoms with Crippen molar-refractivity contribution in [2.45, 2.75) is 69.7 Å². The van der Waals surface area contributed by atoms with Crippen molar-refractivity contribution in [2.75, 3.05) is 0 Å². The van der Waals surface area contributed by atoms with Gasteiger partial charge < -0.3 is 9.67 Å². The first-order chi connectivity index (χ1) is 12.1. The molecule has 1 N–H and O–H groups in total. The Bertz CT molecular complexity index is 712. The van der Waals surface area contributed by atoms with E-state index in [9.17, 15) is 5.11 Å².